The standard InChI is InChI=1S/C21H25FN2O/c1-16(17-8-10-19(22)11-9-17)14-21(25)24-13-12-23(2)20(15-24)18-6-4-3-5-7-18/h3-11,16,20H,12-15H2,1-2H3. The quantitative estimate of drug-likeness (QED) is 0.844. The van der Waals surface area contributed by atoms with Gasteiger partial charge in [-0.2, -0.15) is 0 Å². The van der Waals surface area contributed by atoms with Crippen LogP contribution in [0.1, 0.15) is 36.4 Å². The Morgan fingerprint density at radius 3 is 2.48 bits per heavy atom. The molecule has 4 heteroatoms. The zero-order valence-electron chi connectivity index (χ0n) is 14.9. The molecule has 0 radical (unpaired) electrons. The molecule has 3 rings (SSSR count). The molecule has 1 fully saturated rings. The second kappa shape index (κ2) is 7.79. The third-order valence-electron chi connectivity index (χ3n) is 5.10. The zero-order chi connectivity index (χ0) is 17.8. The summed E-state index contributed by atoms with van der Waals surface area (Å²) < 4.78 is 13.1. The molecule has 1 saturated heterocycles. The summed E-state index contributed by atoms with van der Waals surface area (Å²) in [5.41, 5.74) is 2.25. The van der Waals surface area contributed by atoms with E-state index in [2.05, 4.69) is 24.1 Å². The lowest BCUT2D eigenvalue weighted by atomic mass is 9.96. The molecule has 0 bridgehead atoms. The van der Waals surface area contributed by atoms with Gasteiger partial charge in [0.1, 0.15) is 5.82 Å². The van der Waals surface area contributed by atoms with E-state index in [1.165, 1.54) is 17.7 Å². The van der Waals surface area contributed by atoms with Gasteiger partial charge in [-0.3, -0.25) is 9.69 Å². The molecular weight excluding hydrogens is 315 g/mol. The summed E-state index contributed by atoms with van der Waals surface area (Å²) in [6.07, 6.45) is 0.455. The molecule has 2 unspecified atom stereocenters. The van der Waals surface area contributed by atoms with Gasteiger partial charge in [0.05, 0.1) is 6.04 Å². The van der Waals surface area contributed by atoms with Gasteiger partial charge in [0.2, 0.25) is 5.91 Å². The van der Waals surface area contributed by atoms with Crippen LogP contribution in [0.5, 0.6) is 0 Å². The molecule has 0 saturated carbocycles. The summed E-state index contributed by atoms with van der Waals surface area (Å²) >= 11 is 0. The van der Waals surface area contributed by atoms with Gasteiger partial charge < -0.3 is 4.90 Å². The molecule has 2 aromatic rings. The van der Waals surface area contributed by atoms with E-state index in [4.69, 9.17) is 0 Å². The Balaban J connectivity index is 1.64. The van der Waals surface area contributed by atoms with Crippen molar-refractivity contribution in [1.29, 1.82) is 0 Å². The third kappa shape index (κ3) is 4.26. The van der Waals surface area contributed by atoms with Gasteiger partial charge in [-0.1, -0.05) is 49.4 Å². The summed E-state index contributed by atoms with van der Waals surface area (Å²) in [6.45, 7) is 4.37. The molecule has 0 aliphatic carbocycles. The number of carbonyl (C=O) groups excluding carboxylic acids is 1. The minimum Gasteiger partial charge on any atom is -0.339 e. The van der Waals surface area contributed by atoms with E-state index in [1.807, 2.05) is 30.0 Å². The molecule has 1 amide bonds. The van der Waals surface area contributed by atoms with Crippen LogP contribution in [0.2, 0.25) is 0 Å². The Kier molecular flexibility index (Phi) is 5.49. The summed E-state index contributed by atoms with van der Waals surface area (Å²) in [4.78, 5) is 17.0. The molecule has 132 valence electrons. The van der Waals surface area contributed by atoms with Crippen LogP contribution in [0.3, 0.4) is 0 Å². The zero-order valence-corrected chi connectivity index (χ0v) is 14.9. The predicted octanol–water partition coefficient (Wildman–Crippen LogP) is 3.83. The largest absolute Gasteiger partial charge is 0.339 e. The average Bonchev–Trinajstić information content (AvgIpc) is 2.63. The summed E-state index contributed by atoms with van der Waals surface area (Å²) in [5.74, 6) is 0.0147. The highest BCUT2D eigenvalue weighted by Gasteiger charge is 2.28. The number of halogens is 1. The number of benzene rings is 2. The number of hydrogen-bond donors (Lipinski definition) is 0. The molecule has 1 aliphatic rings. The highest BCUT2D eigenvalue weighted by atomic mass is 19.1. The summed E-state index contributed by atoms with van der Waals surface area (Å²) in [6, 6.07) is 17.0. The van der Waals surface area contributed by atoms with Crippen LogP contribution in [-0.4, -0.2) is 42.4 Å². The number of likely N-dealkylation sites (N-methyl/N-ethyl adjacent to an activating group) is 1. The monoisotopic (exact) mass is 340 g/mol. The van der Waals surface area contributed by atoms with Gasteiger partial charge in [0, 0.05) is 26.1 Å². The molecule has 0 spiro atoms. The van der Waals surface area contributed by atoms with Crippen molar-refractivity contribution in [3.8, 4) is 0 Å². The molecule has 3 nitrogen and oxygen atoms in total. The van der Waals surface area contributed by atoms with Crippen LogP contribution in [0.15, 0.2) is 54.6 Å². The van der Waals surface area contributed by atoms with E-state index in [1.54, 1.807) is 12.1 Å². The highest BCUT2D eigenvalue weighted by molar-refractivity contribution is 5.77. The molecule has 2 aromatic carbocycles. The van der Waals surface area contributed by atoms with Crippen LogP contribution < -0.4 is 0 Å². The van der Waals surface area contributed by atoms with E-state index < -0.39 is 0 Å². The maximum atomic E-state index is 13.1. The van der Waals surface area contributed by atoms with Gasteiger partial charge in [-0.25, -0.2) is 4.39 Å². The minimum atomic E-state index is -0.243. The SMILES string of the molecule is CC(CC(=O)N1CCN(C)C(c2ccccc2)C1)c1ccc(F)cc1. The smallest absolute Gasteiger partial charge is 0.223 e. The maximum absolute atomic E-state index is 13.1. The molecule has 25 heavy (non-hydrogen) atoms. The number of hydrogen-bond acceptors (Lipinski definition) is 2. The van der Waals surface area contributed by atoms with Crippen molar-refractivity contribution in [3.63, 3.8) is 0 Å². The van der Waals surface area contributed by atoms with Crippen molar-refractivity contribution in [2.24, 2.45) is 0 Å². The van der Waals surface area contributed by atoms with Crippen molar-refractivity contribution in [2.45, 2.75) is 25.3 Å². The first-order valence-corrected chi connectivity index (χ1v) is 8.83. The lowest BCUT2D eigenvalue weighted by Gasteiger charge is -2.40. The van der Waals surface area contributed by atoms with Gasteiger partial charge in [-0.05, 0) is 36.2 Å². The van der Waals surface area contributed by atoms with E-state index in [0.717, 1.165) is 25.2 Å². The van der Waals surface area contributed by atoms with E-state index in [0.29, 0.717) is 6.42 Å². The van der Waals surface area contributed by atoms with Crippen LogP contribution in [0, 0.1) is 5.82 Å². The maximum Gasteiger partial charge on any atom is 0.223 e. The van der Waals surface area contributed by atoms with Crippen molar-refractivity contribution in [1.82, 2.24) is 9.80 Å². The molecule has 0 aromatic heterocycles. The number of amides is 1. The number of carbonyl (C=O) groups is 1. The lowest BCUT2D eigenvalue weighted by Crippen LogP contribution is -2.49. The van der Waals surface area contributed by atoms with Crippen molar-refractivity contribution in [3.05, 3.63) is 71.5 Å². The fraction of sp³-hybridized carbons (Fsp3) is 0.381. The fourth-order valence-corrected chi connectivity index (χ4v) is 3.44. The van der Waals surface area contributed by atoms with Crippen molar-refractivity contribution >= 4 is 5.91 Å². The van der Waals surface area contributed by atoms with Gasteiger partial charge in [-0.15, -0.1) is 0 Å². The second-order valence-corrected chi connectivity index (χ2v) is 6.90. The second-order valence-electron chi connectivity index (χ2n) is 6.90. The number of nitrogens with zero attached hydrogens (tertiary/aromatic N) is 2. The molecule has 0 N–H and O–H groups in total. The predicted molar refractivity (Wildman–Crippen MR) is 97.8 cm³/mol. The average molecular weight is 340 g/mol. The van der Waals surface area contributed by atoms with E-state index >= 15 is 0 Å². The topological polar surface area (TPSA) is 23.6 Å². The van der Waals surface area contributed by atoms with Crippen molar-refractivity contribution < 1.29 is 9.18 Å². The van der Waals surface area contributed by atoms with Crippen LogP contribution in [0.4, 0.5) is 4.39 Å². The van der Waals surface area contributed by atoms with Crippen molar-refractivity contribution in [2.75, 3.05) is 26.7 Å². The number of rotatable bonds is 4. The normalized spacial score (nSPS) is 19.6. The van der Waals surface area contributed by atoms with E-state index in [9.17, 15) is 9.18 Å². The first kappa shape index (κ1) is 17.6. The Bertz CT molecular complexity index is 702. The molecule has 2 atom stereocenters. The Labute approximate surface area is 149 Å². The number of piperazine rings is 1. The van der Waals surface area contributed by atoms with Crippen LogP contribution >= 0.6 is 0 Å². The third-order valence-corrected chi connectivity index (χ3v) is 5.10. The van der Waals surface area contributed by atoms with Gasteiger partial charge in [0.25, 0.3) is 0 Å². The Morgan fingerprint density at radius 2 is 1.80 bits per heavy atom. The Morgan fingerprint density at radius 1 is 1.12 bits per heavy atom. The molecule has 1 heterocycles. The fourth-order valence-electron chi connectivity index (χ4n) is 3.44. The summed E-state index contributed by atoms with van der Waals surface area (Å²) in [7, 11) is 2.11. The minimum absolute atomic E-state index is 0.0860. The first-order valence-electron chi connectivity index (χ1n) is 8.83. The molecular formula is C21H25FN2O. The van der Waals surface area contributed by atoms with E-state index in [-0.39, 0.29) is 23.7 Å². The summed E-state index contributed by atoms with van der Waals surface area (Å²) in [5, 5.41) is 0. The molecule has 1 aliphatic heterocycles. The van der Waals surface area contributed by atoms with Gasteiger partial charge >= 0.3 is 0 Å². The van der Waals surface area contributed by atoms with Crippen LogP contribution in [-0.2, 0) is 4.79 Å². The lowest BCUT2D eigenvalue weighted by molar-refractivity contribution is -0.134. The first-order chi connectivity index (χ1) is 12.0. The Hall–Kier alpha value is -2.20. The van der Waals surface area contributed by atoms with Crippen LogP contribution in [0.25, 0.3) is 0 Å². The highest BCUT2D eigenvalue weighted by Crippen LogP contribution is 2.26. The van der Waals surface area contributed by atoms with Gasteiger partial charge in [0.15, 0.2) is 0 Å².